The summed E-state index contributed by atoms with van der Waals surface area (Å²) in [6.45, 7) is 4.48. The van der Waals surface area contributed by atoms with Crippen molar-refractivity contribution >= 4 is 27.4 Å². The van der Waals surface area contributed by atoms with Gasteiger partial charge in [-0.2, -0.15) is 4.31 Å². The Morgan fingerprint density at radius 2 is 1.95 bits per heavy atom. The maximum Gasteiger partial charge on any atom is 0.271 e. The number of fused-ring (bicyclic) bond motifs is 5. The van der Waals surface area contributed by atoms with Crippen molar-refractivity contribution in [1.29, 1.82) is 0 Å². The second-order valence-electron chi connectivity index (χ2n) is 12.6. The van der Waals surface area contributed by atoms with Gasteiger partial charge in [-0.05, 0) is 75.0 Å². The van der Waals surface area contributed by atoms with E-state index in [4.69, 9.17) is 10.5 Å². The molecule has 0 spiro atoms. The Kier molecular flexibility index (Phi) is 5.97. The summed E-state index contributed by atoms with van der Waals surface area (Å²) in [5.74, 6) is -2.45. The summed E-state index contributed by atoms with van der Waals surface area (Å²) in [7, 11) is -0.0782. The molecule has 4 aliphatic rings. The number of likely N-dealkylation sites (N-methyl/N-ethyl adjacent to an activating group) is 1. The van der Waals surface area contributed by atoms with Gasteiger partial charge in [0.2, 0.25) is 11.3 Å². The van der Waals surface area contributed by atoms with E-state index >= 15 is 0 Å². The fraction of sp³-hybridized carbons (Fsp3) is 0.419. The number of nitrogen functional groups attached to an aromatic ring is 1. The summed E-state index contributed by atoms with van der Waals surface area (Å²) >= 11 is 0. The molecule has 2 aliphatic carbocycles. The molecule has 1 aromatic heterocycles. The predicted octanol–water partition coefficient (Wildman–Crippen LogP) is 2.41. The minimum absolute atomic E-state index is 0.0349. The number of ether oxygens (including phenoxy) is 1. The van der Waals surface area contributed by atoms with Gasteiger partial charge >= 0.3 is 0 Å². The van der Waals surface area contributed by atoms with E-state index in [-0.39, 0.29) is 33.6 Å². The fourth-order valence-corrected chi connectivity index (χ4v) is 8.58. The fourth-order valence-electron chi connectivity index (χ4n) is 7.03. The number of carbonyl (C=O) groups excluding carboxylic acids is 2. The molecule has 226 valence electrons. The van der Waals surface area contributed by atoms with E-state index in [1.165, 1.54) is 10.4 Å². The zero-order valence-corrected chi connectivity index (χ0v) is 25.3. The molecule has 11 nitrogen and oxygen atoms in total. The Morgan fingerprint density at radius 1 is 1.21 bits per heavy atom. The van der Waals surface area contributed by atoms with Crippen LogP contribution in [0.15, 0.2) is 47.5 Å². The Labute approximate surface area is 250 Å². The number of benzene rings is 2. The van der Waals surface area contributed by atoms with Crippen LogP contribution in [0.5, 0.6) is 5.75 Å². The molecular weight excluding hydrogens is 570 g/mol. The van der Waals surface area contributed by atoms with Crippen LogP contribution in [0, 0.1) is 12.8 Å². The Bertz CT molecular complexity index is 1820. The van der Waals surface area contributed by atoms with Crippen molar-refractivity contribution in [1.82, 2.24) is 19.5 Å². The average Bonchev–Trinajstić information content (AvgIpc) is 3.29. The maximum atomic E-state index is 14.3. The highest BCUT2D eigenvalue weighted by Gasteiger charge is 2.72. The molecule has 2 fully saturated rings. The van der Waals surface area contributed by atoms with Crippen molar-refractivity contribution in [3.8, 4) is 5.75 Å². The number of aliphatic hydroxyl groups is 1. The number of rotatable bonds is 6. The Morgan fingerprint density at radius 3 is 2.63 bits per heavy atom. The molecule has 12 heteroatoms. The van der Waals surface area contributed by atoms with Gasteiger partial charge < -0.3 is 30.8 Å². The largest absolute Gasteiger partial charge is 0.454 e. The van der Waals surface area contributed by atoms with Crippen LogP contribution in [0.3, 0.4) is 0 Å². The van der Waals surface area contributed by atoms with Gasteiger partial charge in [-0.1, -0.05) is 31.2 Å². The molecule has 2 aliphatic heterocycles. The predicted molar refractivity (Wildman–Crippen MR) is 158 cm³/mol. The van der Waals surface area contributed by atoms with Gasteiger partial charge in [0.05, 0.1) is 5.56 Å². The van der Waals surface area contributed by atoms with E-state index in [0.717, 1.165) is 12.0 Å². The topological polar surface area (TPSA) is 158 Å². The van der Waals surface area contributed by atoms with Crippen LogP contribution >= 0.6 is 0 Å². The molecule has 5 N–H and O–H groups in total. The number of nitrogens with one attached hydrogen (secondary N) is 2. The maximum absolute atomic E-state index is 14.3. The number of sulfonamides is 1. The van der Waals surface area contributed by atoms with Crippen LogP contribution in [0.1, 0.15) is 68.8 Å². The number of aryl methyl sites for hydroxylation is 1. The summed E-state index contributed by atoms with van der Waals surface area (Å²) in [4.78, 5) is 33.1. The first kappa shape index (κ1) is 28.1. The van der Waals surface area contributed by atoms with E-state index < -0.39 is 33.0 Å². The molecule has 43 heavy (non-hydrogen) atoms. The second-order valence-corrected chi connectivity index (χ2v) is 14.5. The minimum atomic E-state index is -3.91. The first-order valence-corrected chi connectivity index (χ1v) is 15.9. The monoisotopic (exact) mass is 605 g/mol. The zero-order chi connectivity index (χ0) is 30.6. The summed E-state index contributed by atoms with van der Waals surface area (Å²) < 4.78 is 34.6. The van der Waals surface area contributed by atoms with Gasteiger partial charge in [0.1, 0.15) is 16.5 Å². The molecule has 2 aromatic carbocycles. The number of carbonyl (C=O) groups is 2. The number of hydrogen-bond donors (Lipinski definition) is 4. The molecule has 1 saturated heterocycles. The van der Waals surface area contributed by atoms with Crippen molar-refractivity contribution < 1.29 is 27.9 Å². The quantitative estimate of drug-likeness (QED) is 0.312. The number of Topliss-reactive ketones (excluding diaryl/α,β-unsaturated/α-hetero) is 1. The van der Waals surface area contributed by atoms with Gasteiger partial charge in [-0.3, -0.25) is 9.59 Å². The van der Waals surface area contributed by atoms with Gasteiger partial charge in [0.25, 0.3) is 21.7 Å². The Balaban J connectivity index is 1.28. The number of hydrogen-bond acceptors (Lipinski definition) is 8. The third-order valence-electron chi connectivity index (χ3n) is 9.74. The third kappa shape index (κ3) is 3.79. The lowest BCUT2D eigenvalue weighted by molar-refractivity contribution is -0.169. The van der Waals surface area contributed by atoms with Crippen LogP contribution in [0.2, 0.25) is 0 Å². The highest BCUT2D eigenvalue weighted by atomic mass is 32.2. The first-order valence-electron chi connectivity index (χ1n) is 14.5. The molecule has 0 bridgehead atoms. The molecule has 1 saturated carbocycles. The SMILES string of the molecule is Cc1cc(S(=O)(=O)N2CC[C@H](N(C)C)C2)[nH]c1C(=O)NC12C(=O)c3c(N)cccc3C1(O)Oc1cc([C@H]3C[C@@H]3C)ccc12. The number of aromatic nitrogens is 1. The van der Waals surface area contributed by atoms with E-state index in [0.29, 0.717) is 48.2 Å². The second kappa shape index (κ2) is 9.15. The molecule has 1 amide bonds. The molecular formula is C31H35N5O6S. The van der Waals surface area contributed by atoms with Crippen LogP contribution in [-0.2, 0) is 21.3 Å². The lowest BCUT2D eigenvalue weighted by Crippen LogP contribution is -2.60. The number of aromatic amines is 1. The molecule has 3 aromatic rings. The number of nitrogens with two attached hydrogens (primary N) is 1. The van der Waals surface area contributed by atoms with Crippen molar-refractivity contribution in [3.63, 3.8) is 0 Å². The summed E-state index contributed by atoms with van der Waals surface area (Å²) in [5, 5.41) is 14.9. The standard InChI is InChI=1S/C31H35N5O6S/c1-16-12-20(16)18-8-9-21-24(14-18)42-31(39)22-6-5-7-23(32)26(22)28(37)30(21,31)34-29(38)27-17(2)13-25(33-27)43(40,41)36-11-10-19(15-36)35(3)4/h5-9,13-14,16,19-20,33,39H,10-12,15,32H2,1-4H3,(H,34,38)/t16-,19-,20-,30?,31?/m0/s1. The third-order valence-corrected chi connectivity index (χ3v) is 11.5. The number of ketones is 1. The molecule has 5 atom stereocenters. The normalized spacial score (nSPS) is 29.3. The molecule has 0 radical (unpaired) electrons. The van der Waals surface area contributed by atoms with Gasteiger partial charge in [0.15, 0.2) is 0 Å². The molecule has 7 rings (SSSR count). The number of anilines is 1. The van der Waals surface area contributed by atoms with Gasteiger partial charge in [-0.15, -0.1) is 0 Å². The summed E-state index contributed by atoms with van der Waals surface area (Å²) in [6, 6.07) is 11.7. The van der Waals surface area contributed by atoms with Crippen molar-refractivity contribution in [2.45, 2.75) is 55.0 Å². The Hall–Kier alpha value is -3.71. The van der Waals surface area contributed by atoms with Crippen LogP contribution in [-0.4, -0.2) is 72.6 Å². The summed E-state index contributed by atoms with van der Waals surface area (Å²) in [6.07, 6.45) is 1.74. The van der Waals surface area contributed by atoms with Gasteiger partial charge in [-0.25, -0.2) is 8.42 Å². The van der Waals surface area contributed by atoms with Crippen LogP contribution in [0.4, 0.5) is 5.69 Å². The minimum Gasteiger partial charge on any atom is -0.454 e. The van der Waals surface area contributed by atoms with E-state index in [2.05, 4.69) is 17.2 Å². The number of nitrogens with zero attached hydrogens (tertiary/aromatic N) is 2. The lowest BCUT2D eigenvalue weighted by atomic mass is 9.82. The van der Waals surface area contributed by atoms with E-state index in [1.54, 1.807) is 31.2 Å². The summed E-state index contributed by atoms with van der Waals surface area (Å²) in [5.41, 5.74) is 6.24. The van der Waals surface area contributed by atoms with E-state index in [1.807, 2.05) is 31.1 Å². The first-order chi connectivity index (χ1) is 20.3. The average molecular weight is 606 g/mol. The lowest BCUT2D eigenvalue weighted by Gasteiger charge is -2.34. The smallest absolute Gasteiger partial charge is 0.271 e. The van der Waals surface area contributed by atoms with Crippen LogP contribution < -0.4 is 15.8 Å². The highest BCUT2D eigenvalue weighted by Crippen LogP contribution is 2.60. The van der Waals surface area contributed by atoms with Gasteiger partial charge in [0, 0.05) is 35.9 Å². The van der Waals surface area contributed by atoms with Crippen molar-refractivity contribution in [3.05, 3.63) is 76.0 Å². The molecule has 2 unspecified atom stereocenters. The van der Waals surface area contributed by atoms with Crippen LogP contribution in [0.25, 0.3) is 0 Å². The van der Waals surface area contributed by atoms with Crippen molar-refractivity contribution in [2.75, 3.05) is 32.9 Å². The zero-order valence-electron chi connectivity index (χ0n) is 24.5. The van der Waals surface area contributed by atoms with Crippen molar-refractivity contribution in [2.24, 2.45) is 5.92 Å². The highest BCUT2D eigenvalue weighted by molar-refractivity contribution is 7.89. The number of amides is 1. The van der Waals surface area contributed by atoms with E-state index in [9.17, 15) is 23.1 Å². The number of H-pyrrole nitrogens is 1. The molecule has 3 heterocycles.